The molecule has 21 heavy (non-hydrogen) atoms. The minimum absolute atomic E-state index is 0.0757. The van der Waals surface area contributed by atoms with E-state index in [4.69, 9.17) is 4.74 Å². The summed E-state index contributed by atoms with van der Waals surface area (Å²) in [6.45, 7) is 1.65. The number of rotatable bonds is 4. The smallest absolute Gasteiger partial charge is 0.413 e. The minimum Gasteiger partial charge on any atom is -0.444 e. The molecule has 108 valence electrons. The van der Waals surface area contributed by atoms with Crippen molar-refractivity contribution in [3.63, 3.8) is 0 Å². The van der Waals surface area contributed by atoms with Gasteiger partial charge in [-0.1, -0.05) is 30.3 Å². The topological polar surface area (TPSA) is 94.4 Å². The number of nitrogens with zero attached hydrogens (tertiary/aromatic N) is 2. The Morgan fingerprint density at radius 2 is 2.05 bits per heavy atom. The second kappa shape index (κ2) is 6.47. The van der Waals surface area contributed by atoms with Gasteiger partial charge in [-0.25, -0.2) is 9.78 Å². The van der Waals surface area contributed by atoms with E-state index in [1.165, 1.54) is 12.3 Å². The second-order valence-electron chi connectivity index (χ2n) is 4.27. The molecule has 0 radical (unpaired) electrons. The molecule has 2 rings (SSSR count). The van der Waals surface area contributed by atoms with Crippen LogP contribution in [-0.2, 0) is 11.3 Å². The van der Waals surface area contributed by atoms with Crippen LogP contribution in [0.1, 0.15) is 11.1 Å². The number of benzene rings is 1. The first kappa shape index (κ1) is 14.4. The molecule has 0 fully saturated rings. The van der Waals surface area contributed by atoms with E-state index < -0.39 is 11.0 Å². The molecule has 0 atom stereocenters. The molecule has 7 heteroatoms. The van der Waals surface area contributed by atoms with Gasteiger partial charge in [0.2, 0.25) is 5.82 Å². The van der Waals surface area contributed by atoms with Crippen LogP contribution in [0.15, 0.2) is 42.6 Å². The molecule has 0 spiro atoms. The number of hydrogen-bond donors (Lipinski definition) is 1. The maximum atomic E-state index is 11.7. The van der Waals surface area contributed by atoms with Gasteiger partial charge in [-0.3, -0.25) is 15.4 Å². The molecule has 0 unspecified atom stereocenters. The monoisotopic (exact) mass is 287 g/mol. The maximum absolute atomic E-state index is 11.7. The summed E-state index contributed by atoms with van der Waals surface area (Å²) in [5.41, 5.74) is 0.988. The molecule has 7 nitrogen and oxygen atoms in total. The highest BCUT2D eigenvalue weighted by molar-refractivity contribution is 5.86. The number of amides is 1. The van der Waals surface area contributed by atoms with Gasteiger partial charge in [-0.2, -0.15) is 0 Å². The summed E-state index contributed by atoms with van der Waals surface area (Å²) >= 11 is 0. The van der Waals surface area contributed by atoms with Crippen molar-refractivity contribution in [1.82, 2.24) is 4.98 Å². The summed E-state index contributed by atoms with van der Waals surface area (Å²) < 4.78 is 4.99. The molecule has 0 saturated heterocycles. The zero-order chi connectivity index (χ0) is 15.2. The van der Waals surface area contributed by atoms with Gasteiger partial charge in [0.1, 0.15) is 6.61 Å². The average molecular weight is 287 g/mol. The minimum atomic E-state index is -0.792. The van der Waals surface area contributed by atoms with Crippen LogP contribution < -0.4 is 5.32 Å². The molecule has 1 aromatic carbocycles. The van der Waals surface area contributed by atoms with E-state index >= 15 is 0 Å². The van der Waals surface area contributed by atoms with E-state index in [1.54, 1.807) is 19.1 Å². The third-order valence-corrected chi connectivity index (χ3v) is 2.74. The third-order valence-electron chi connectivity index (χ3n) is 2.74. The van der Waals surface area contributed by atoms with Gasteiger partial charge in [-0.15, -0.1) is 0 Å². The molecule has 1 aromatic heterocycles. The summed E-state index contributed by atoms with van der Waals surface area (Å²) in [6, 6.07) is 10.6. The molecule has 1 N–H and O–H groups in total. The van der Waals surface area contributed by atoms with Gasteiger partial charge in [0.15, 0.2) is 0 Å². The Labute approximate surface area is 120 Å². The van der Waals surface area contributed by atoms with E-state index in [1.807, 2.05) is 18.2 Å². The van der Waals surface area contributed by atoms with Gasteiger partial charge in [0.25, 0.3) is 0 Å². The van der Waals surface area contributed by atoms with Crippen LogP contribution in [0, 0.1) is 17.0 Å². The zero-order valence-electron chi connectivity index (χ0n) is 11.3. The van der Waals surface area contributed by atoms with Gasteiger partial charge in [-0.05, 0) is 18.6 Å². The fourth-order valence-corrected chi connectivity index (χ4v) is 1.73. The molecular formula is C14H13N3O4. The lowest BCUT2D eigenvalue weighted by Gasteiger charge is -2.07. The summed E-state index contributed by atoms with van der Waals surface area (Å²) in [5.74, 6) is -0.127. The molecule has 1 heterocycles. The Balaban J connectivity index is 2.03. The molecule has 2 aromatic rings. The average Bonchev–Trinajstić information content (AvgIpc) is 2.46. The molecule has 1 amide bonds. The van der Waals surface area contributed by atoms with Crippen molar-refractivity contribution in [3.8, 4) is 0 Å². The SMILES string of the molecule is Cc1ccnc(NC(=O)OCc2ccccc2)c1[N+](=O)[O-]. The van der Waals surface area contributed by atoms with Crippen LogP contribution in [-0.4, -0.2) is 16.0 Å². The van der Waals surface area contributed by atoms with Crippen molar-refractivity contribution in [2.45, 2.75) is 13.5 Å². The number of anilines is 1. The highest BCUT2D eigenvalue weighted by Gasteiger charge is 2.20. The lowest BCUT2D eigenvalue weighted by molar-refractivity contribution is -0.384. The number of nitrogens with one attached hydrogen (secondary N) is 1. The number of aryl methyl sites for hydroxylation is 1. The summed E-state index contributed by atoms with van der Waals surface area (Å²) in [5, 5.41) is 13.3. The van der Waals surface area contributed by atoms with Crippen molar-refractivity contribution >= 4 is 17.6 Å². The van der Waals surface area contributed by atoms with Crippen molar-refractivity contribution in [2.24, 2.45) is 0 Å². The predicted octanol–water partition coefficient (Wildman–Crippen LogP) is 3.05. The molecule has 0 bridgehead atoms. The number of ether oxygens (including phenoxy) is 1. The molecular weight excluding hydrogens is 274 g/mol. The van der Waals surface area contributed by atoms with E-state index in [0.717, 1.165) is 5.56 Å². The number of pyridine rings is 1. The van der Waals surface area contributed by atoms with Crippen molar-refractivity contribution in [1.29, 1.82) is 0 Å². The van der Waals surface area contributed by atoms with E-state index in [9.17, 15) is 14.9 Å². The van der Waals surface area contributed by atoms with E-state index in [2.05, 4.69) is 10.3 Å². The second-order valence-corrected chi connectivity index (χ2v) is 4.27. The molecule has 0 aliphatic heterocycles. The largest absolute Gasteiger partial charge is 0.444 e. The van der Waals surface area contributed by atoms with Crippen LogP contribution >= 0.6 is 0 Å². The van der Waals surface area contributed by atoms with Crippen LogP contribution in [0.5, 0.6) is 0 Å². The van der Waals surface area contributed by atoms with Crippen LogP contribution in [0.4, 0.5) is 16.3 Å². The maximum Gasteiger partial charge on any atom is 0.413 e. The Hall–Kier alpha value is -2.96. The van der Waals surface area contributed by atoms with Crippen LogP contribution in [0.3, 0.4) is 0 Å². The first-order chi connectivity index (χ1) is 10.1. The number of carbonyl (C=O) groups excluding carboxylic acids is 1. The highest BCUT2D eigenvalue weighted by Crippen LogP contribution is 2.25. The Kier molecular flexibility index (Phi) is 4.45. The first-order valence-electron chi connectivity index (χ1n) is 6.15. The van der Waals surface area contributed by atoms with Crippen LogP contribution in [0.2, 0.25) is 0 Å². The lowest BCUT2D eigenvalue weighted by atomic mass is 10.2. The third kappa shape index (κ3) is 3.75. The predicted molar refractivity (Wildman–Crippen MR) is 75.9 cm³/mol. The van der Waals surface area contributed by atoms with Crippen molar-refractivity contribution < 1.29 is 14.5 Å². The number of carbonyl (C=O) groups is 1. The molecule has 0 aliphatic carbocycles. The first-order valence-corrected chi connectivity index (χ1v) is 6.15. The Morgan fingerprint density at radius 3 is 2.71 bits per heavy atom. The van der Waals surface area contributed by atoms with Gasteiger partial charge >= 0.3 is 11.8 Å². The lowest BCUT2D eigenvalue weighted by Crippen LogP contribution is -2.16. The van der Waals surface area contributed by atoms with Crippen LogP contribution in [0.25, 0.3) is 0 Å². The molecule has 0 saturated carbocycles. The zero-order valence-corrected chi connectivity index (χ0v) is 11.3. The Bertz CT molecular complexity index is 659. The van der Waals surface area contributed by atoms with Gasteiger partial charge in [0, 0.05) is 11.8 Å². The van der Waals surface area contributed by atoms with E-state index in [-0.39, 0.29) is 18.1 Å². The number of aromatic nitrogens is 1. The van der Waals surface area contributed by atoms with Crippen molar-refractivity contribution in [2.75, 3.05) is 5.32 Å². The Morgan fingerprint density at radius 1 is 1.33 bits per heavy atom. The highest BCUT2D eigenvalue weighted by atomic mass is 16.6. The normalized spacial score (nSPS) is 9.95. The van der Waals surface area contributed by atoms with Gasteiger partial charge < -0.3 is 4.74 Å². The van der Waals surface area contributed by atoms with Crippen molar-refractivity contribution in [3.05, 3.63) is 63.8 Å². The summed E-state index contributed by atoms with van der Waals surface area (Å²) in [7, 11) is 0. The van der Waals surface area contributed by atoms with E-state index in [0.29, 0.717) is 5.56 Å². The summed E-state index contributed by atoms with van der Waals surface area (Å²) in [6.07, 6.45) is 0.592. The number of hydrogen-bond acceptors (Lipinski definition) is 5. The fraction of sp³-hybridized carbons (Fsp3) is 0.143. The standard InChI is InChI=1S/C14H13N3O4/c1-10-7-8-15-13(12(10)17(19)20)16-14(18)21-9-11-5-3-2-4-6-11/h2-8H,9H2,1H3,(H,15,16,18). The fourth-order valence-electron chi connectivity index (χ4n) is 1.73. The quantitative estimate of drug-likeness (QED) is 0.689. The van der Waals surface area contributed by atoms with Gasteiger partial charge in [0.05, 0.1) is 4.92 Å². The summed E-state index contributed by atoms with van der Waals surface area (Å²) in [4.78, 5) is 25.9. The molecule has 0 aliphatic rings. The number of nitro groups is 1.